The normalized spacial score (nSPS) is 11.1. The summed E-state index contributed by atoms with van der Waals surface area (Å²) in [6.45, 7) is 8.54. The van der Waals surface area contributed by atoms with E-state index in [9.17, 15) is 4.79 Å². The largest absolute Gasteiger partial charge is 0.488 e. The average molecular weight is 486 g/mol. The highest BCUT2D eigenvalue weighted by Gasteiger charge is 2.10. The molecule has 1 aromatic heterocycles. The SMILES string of the molecule is Cc1cc(/C=N\NC(=O)c2cccc(-n3c(C)ccc3C)c2)cc(C)c1OCc1ccc(Cl)cc1. The molecule has 0 atom stereocenters. The summed E-state index contributed by atoms with van der Waals surface area (Å²) in [5, 5.41) is 4.88. The Morgan fingerprint density at radius 2 is 1.60 bits per heavy atom. The number of nitrogens with one attached hydrogen (secondary N) is 1. The van der Waals surface area contributed by atoms with Crippen molar-refractivity contribution in [2.45, 2.75) is 34.3 Å². The molecule has 3 aromatic carbocycles. The molecule has 0 unspecified atom stereocenters. The van der Waals surface area contributed by atoms with Crippen molar-refractivity contribution in [1.29, 1.82) is 0 Å². The summed E-state index contributed by atoms with van der Waals surface area (Å²) in [5.74, 6) is 0.579. The van der Waals surface area contributed by atoms with Gasteiger partial charge in [0.25, 0.3) is 5.91 Å². The van der Waals surface area contributed by atoms with E-state index < -0.39 is 0 Å². The third kappa shape index (κ3) is 5.81. The number of benzene rings is 3. The van der Waals surface area contributed by atoms with Crippen LogP contribution in [-0.4, -0.2) is 16.7 Å². The van der Waals surface area contributed by atoms with Crippen LogP contribution in [0.15, 0.2) is 77.9 Å². The first kappa shape index (κ1) is 24.3. The quantitative estimate of drug-likeness (QED) is 0.233. The van der Waals surface area contributed by atoms with Gasteiger partial charge in [-0.25, -0.2) is 5.43 Å². The zero-order chi connectivity index (χ0) is 24.9. The molecule has 1 N–H and O–H groups in total. The first-order valence-electron chi connectivity index (χ1n) is 11.4. The Kier molecular flexibility index (Phi) is 7.37. The van der Waals surface area contributed by atoms with Gasteiger partial charge in [-0.15, -0.1) is 0 Å². The first-order valence-corrected chi connectivity index (χ1v) is 11.8. The maximum atomic E-state index is 12.7. The highest BCUT2D eigenvalue weighted by atomic mass is 35.5. The van der Waals surface area contributed by atoms with Gasteiger partial charge in [-0.3, -0.25) is 4.79 Å². The summed E-state index contributed by atoms with van der Waals surface area (Å²) in [6.07, 6.45) is 1.64. The fourth-order valence-electron chi connectivity index (χ4n) is 4.11. The van der Waals surface area contributed by atoms with E-state index >= 15 is 0 Å². The smallest absolute Gasteiger partial charge is 0.271 e. The third-order valence-corrected chi connectivity index (χ3v) is 6.05. The summed E-state index contributed by atoms with van der Waals surface area (Å²) < 4.78 is 8.16. The van der Waals surface area contributed by atoms with Gasteiger partial charge in [0, 0.05) is 27.7 Å². The van der Waals surface area contributed by atoms with Gasteiger partial charge in [0.05, 0.1) is 6.21 Å². The Hall–Kier alpha value is -3.83. The van der Waals surface area contributed by atoms with E-state index in [4.69, 9.17) is 16.3 Å². The lowest BCUT2D eigenvalue weighted by Gasteiger charge is -2.13. The number of hydrogen-bond acceptors (Lipinski definition) is 3. The molecule has 5 nitrogen and oxygen atoms in total. The second-order valence-electron chi connectivity index (χ2n) is 8.60. The van der Waals surface area contributed by atoms with E-state index in [0.717, 1.165) is 45.1 Å². The molecule has 0 bridgehead atoms. The highest BCUT2D eigenvalue weighted by Crippen LogP contribution is 2.25. The topological polar surface area (TPSA) is 55.6 Å². The zero-order valence-corrected chi connectivity index (χ0v) is 21.1. The third-order valence-electron chi connectivity index (χ3n) is 5.80. The molecule has 0 saturated heterocycles. The minimum Gasteiger partial charge on any atom is -0.488 e. The Bertz CT molecular complexity index is 1350. The van der Waals surface area contributed by atoms with Crippen LogP contribution in [0.3, 0.4) is 0 Å². The van der Waals surface area contributed by atoms with Crippen molar-refractivity contribution in [2.24, 2.45) is 5.10 Å². The number of rotatable bonds is 7. The van der Waals surface area contributed by atoms with E-state index in [2.05, 4.69) is 27.2 Å². The molecule has 6 heteroatoms. The van der Waals surface area contributed by atoms with Crippen LogP contribution < -0.4 is 10.2 Å². The van der Waals surface area contributed by atoms with Gasteiger partial charge in [0.15, 0.2) is 0 Å². The summed E-state index contributed by atoms with van der Waals surface area (Å²) in [6, 6.07) is 23.2. The van der Waals surface area contributed by atoms with Gasteiger partial charge >= 0.3 is 0 Å². The molecule has 0 fully saturated rings. The van der Waals surface area contributed by atoms with Crippen LogP contribution >= 0.6 is 11.6 Å². The molecule has 0 spiro atoms. The van der Waals surface area contributed by atoms with Crippen LogP contribution in [0.25, 0.3) is 5.69 Å². The van der Waals surface area contributed by atoms with E-state index in [1.54, 1.807) is 12.3 Å². The standard InChI is InChI=1S/C29H28ClN3O2/c1-19-14-24(15-20(2)28(19)35-18-23-10-12-26(30)13-11-23)17-31-32-29(34)25-6-5-7-27(16-25)33-21(3)8-9-22(33)4/h5-17H,18H2,1-4H3,(H,32,34)/b31-17-. The summed E-state index contributed by atoms with van der Waals surface area (Å²) in [7, 11) is 0. The first-order chi connectivity index (χ1) is 16.8. The van der Waals surface area contributed by atoms with Gasteiger partial charge in [0.1, 0.15) is 12.4 Å². The van der Waals surface area contributed by atoms with Gasteiger partial charge < -0.3 is 9.30 Å². The molecule has 1 heterocycles. The van der Waals surface area contributed by atoms with Crippen LogP contribution in [0.1, 0.15) is 44.0 Å². The monoisotopic (exact) mass is 485 g/mol. The molecule has 0 saturated carbocycles. The fraction of sp³-hybridized carbons (Fsp3) is 0.172. The van der Waals surface area contributed by atoms with E-state index in [-0.39, 0.29) is 5.91 Å². The number of aryl methyl sites for hydroxylation is 4. The van der Waals surface area contributed by atoms with E-state index in [1.165, 1.54) is 0 Å². The summed E-state index contributed by atoms with van der Waals surface area (Å²) in [4.78, 5) is 12.7. The predicted molar refractivity (Wildman–Crippen MR) is 142 cm³/mol. The lowest BCUT2D eigenvalue weighted by molar-refractivity contribution is 0.0955. The molecule has 0 radical (unpaired) electrons. The average Bonchev–Trinajstić information content (AvgIpc) is 3.17. The maximum absolute atomic E-state index is 12.7. The molecule has 4 rings (SSSR count). The van der Waals surface area contributed by atoms with Crippen molar-refractivity contribution in [1.82, 2.24) is 9.99 Å². The van der Waals surface area contributed by atoms with Crippen LogP contribution in [0.5, 0.6) is 5.75 Å². The zero-order valence-electron chi connectivity index (χ0n) is 20.3. The lowest BCUT2D eigenvalue weighted by atomic mass is 10.1. The van der Waals surface area contributed by atoms with Crippen LogP contribution in [0, 0.1) is 27.7 Å². The van der Waals surface area contributed by atoms with Crippen molar-refractivity contribution < 1.29 is 9.53 Å². The number of hydrazone groups is 1. The Balaban J connectivity index is 1.41. The molecule has 0 aliphatic heterocycles. The molecular formula is C29H28ClN3O2. The number of amides is 1. The van der Waals surface area contributed by atoms with Crippen molar-refractivity contribution >= 4 is 23.7 Å². The van der Waals surface area contributed by atoms with Gasteiger partial charge in [-0.2, -0.15) is 5.10 Å². The lowest BCUT2D eigenvalue weighted by Crippen LogP contribution is -2.18. The Morgan fingerprint density at radius 3 is 2.26 bits per heavy atom. The molecule has 178 valence electrons. The summed E-state index contributed by atoms with van der Waals surface area (Å²) >= 11 is 5.95. The molecular weight excluding hydrogens is 458 g/mol. The van der Waals surface area contributed by atoms with Crippen LogP contribution in [0.2, 0.25) is 5.02 Å². The second kappa shape index (κ2) is 10.6. The number of aromatic nitrogens is 1. The van der Waals surface area contributed by atoms with Crippen LogP contribution in [-0.2, 0) is 6.61 Å². The number of nitrogens with zero attached hydrogens (tertiary/aromatic N) is 2. The van der Waals surface area contributed by atoms with Gasteiger partial charge in [0.2, 0.25) is 0 Å². The minimum absolute atomic E-state index is 0.262. The van der Waals surface area contributed by atoms with Crippen molar-refractivity contribution in [2.75, 3.05) is 0 Å². The van der Waals surface area contributed by atoms with Crippen molar-refractivity contribution in [3.63, 3.8) is 0 Å². The Labute approximate surface area is 211 Å². The number of carbonyl (C=O) groups excluding carboxylic acids is 1. The number of carbonyl (C=O) groups is 1. The number of hydrogen-bond donors (Lipinski definition) is 1. The molecule has 0 aliphatic carbocycles. The van der Waals surface area contributed by atoms with Crippen molar-refractivity contribution in [3.05, 3.63) is 117 Å². The Morgan fingerprint density at radius 1 is 0.943 bits per heavy atom. The molecule has 0 aliphatic rings. The van der Waals surface area contributed by atoms with Gasteiger partial charge in [-0.1, -0.05) is 29.8 Å². The summed E-state index contributed by atoms with van der Waals surface area (Å²) in [5.41, 5.74) is 10.3. The fourth-order valence-corrected chi connectivity index (χ4v) is 4.24. The minimum atomic E-state index is -0.262. The number of ether oxygens (including phenoxy) is 1. The second-order valence-corrected chi connectivity index (χ2v) is 9.04. The van der Waals surface area contributed by atoms with E-state index in [1.807, 2.05) is 82.3 Å². The molecule has 1 amide bonds. The highest BCUT2D eigenvalue weighted by molar-refractivity contribution is 6.30. The van der Waals surface area contributed by atoms with Crippen LogP contribution in [0.4, 0.5) is 0 Å². The molecule has 35 heavy (non-hydrogen) atoms. The van der Waals surface area contributed by atoms with Crippen molar-refractivity contribution in [3.8, 4) is 11.4 Å². The number of halogens is 1. The molecule has 4 aromatic rings. The van der Waals surface area contributed by atoms with Gasteiger partial charge in [-0.05, 0) is 105 Å². The predicted octanol–water partition coefficient (Wildman–Crippen LogP) is 6.71. The van der Waals surface area contributed by atoms with E-state index in [0.29, 0.717) is 17.2 Å². The maximum Gasteiger partial charge on any atom is 0.271 e.